The number of hydrogen-bond acceptors (Lipinski definition) is 1. The summed E-state index contributed by atoms with van der Waals surface area (Å²) in [5.41, 5.74) is -0.0858. The van der Waals surface area contributed by atoms with Gasteiger partial charge in [0.25, 0.3) is 5.56 Å². The van der Waals surface area contributed by atoms with Gasteiger partial charge in [-0.15, -0.1) is 6.42 Å². The standard InChI is InChI=1S/C8H6BrNO/c1-2-6-10-7(9)4-3-5-8(10)11/h1,3-5H,6H2. The van der Waals surface area contributed by atoms with Crippen molar-refractivity contribution in [2.75, 3.05) is 0 Å². The van der Waals surface area contributed by atoms with Gasteiger partial charge in [0.1, 0.15) is 0 Å². The molecule has 0 bridgehead atoms. The van der Waals surface area contributed by atoms with Crippen LogP contribution in [0.15, 0.2) is 27.6 Å². The molecule has 11 heavy (non-hydrogen) atoms. The Kier molecular flexibility index (Phi) is 2.50. The number of rotatable bonds is 1. The minimum atomic E-state index is -0.0858. The van der Waals surface area contributed by atoms with E-state index in [1.807, 2.05) is 0 Å². The van der Waals surface area contributed by atoms with Gasteiger partial charge in [0, 0.05) is 6.07 Å². The molecule has 1 heterocycles. The lowest BCUT2D eigenvalue weighted by Crippen LogP contribution is -2.18. The highest BCUT2D eigenvalue weighted by molar-refractivity contribution is 9.10. The molecular formula is C8H6BrNO. The minimum absolute atomic E-state index is 0.0858. The van der Waals surface area contributed by atoms with Crippen molar-refractivity contribution in [2.24, 2.45) is 0 Å². The second-order valence-electron chi connectivity index (χ2n) is 1.98. The van der Waals surface area contributed by atoms with E-state index in [1.54, 1.807) is 12.1 Å². The summed E-state index contributed by atoms with van der Waals surface area (Å²) in [6.45, 7) is 0.306. The predicted molar refractivity (Wildman–Crippen MR) is 47.2 cm³/mol. The maximum atomic E-state index is 11.1. The van der Waals surface area contributed by atoms with E-state index in [0.717, 1.165) is 0 Å². The lowest BCUT2D eigenvalue weighted by molar-refractivity contribution is 0.774. The smallest absolute Gasteiger partial charge is 0.252 e. The lowest BCUT2D eigenvalue weighted by atomic mass is 10.4. The van der Waals surface area contributed by atoms with Crippen LogP contribution in [0, 0.1) is 12.3 Å². The second kappa shape index (κ2) is 3.40. The Morgan fingerprint density at radius 2 is 2.36 bits per heavy atom. The molecule has 0 aliphatic rings. The summed E-state index contributed by atoms with van der Waals surface area (Å²) in [4.78, 5) is 11.1. The molecule has 1 rings (SSSR count). The molecule has 1 aromatic heterocycles. The van der Waals surface area contributed by atoms with E-state index < -0.39 is 0 Å². The summed E-state index contributed by atoms with van der Waals surface area (Å²) in [6.07, 6.45) is 5.07. The molecule has 0 fully saturated rings. The fraction of sp³-hybridized carbons (Fsp3) is 0.125. The summed E-state index contributed by atoms with van der Waals surface area (Å²) in [5, 5.41) is 0. The number of pyridine rings is 1. The van der Waals surface area contributed by atoms with E-state index in [0.29, 0.717) is 11.1 Å². The van der Waals surface area contributed by atoms with Crippen LogP contribution in [0.4, 0.5) is 0 Å². The molecule has 0 saturated heterocycles. The monoisotopic (exact) mass is 211 g/mol. The molecule has 0 aromatic carbocycles. The Morgan fingerprint density at radius 1 is 1.64 bits per heavy atom. The topological polar surface area (TPSA) is 22.0 Å². The van der Waals surface area contributed by atoms with E-state index in [2.05, 4.69) is 21.9 Å². The van der Waals surface area contributed by atoms with Gasteiger partial charge in [-0.1, -0.05) is 12.0 Å². The van der Waals surface area contributed by atoms with Gasteiger partial charge >= 0.3 is 0 Å². The van der Waals surface area contributed by atoms with E-state index in [9.17, 15) is 4.79 Å². The molecule has 0 N–H and O–H groups in total. The molecule has 3 heteroatoms. The van der Waals surface area contributed by atoms with Gasteiger partial charge in [-0.05, 0) is 22.0 Å². The molecular weight excluding hydrogens is 206 g/mol. The predicted octanol–water partition coefficient (Wildman–Crippen LogP) is 1.24. The molecule has 0 radical (unpaired) electrons. The first-order valence-corrected chi connectivity index (χ1v) is 3.84. The quantitative estimate of drug-likeness (QED) is 0.507. The molecule has 0 unspecified atom stereocenters. The van der Waals surface area contributed by atoms with Gasteiger partial charge in [-0.3, -0.25) is 9.36 Å². The highest BCUT2D eigenvalue weighted by atomic mass is 79.9. The molecule has 2 nitrogen and oxygen atoms in total. The van der Waals surface area contributed by atoms with Crippen LogP contribution in [-0.4, -0.2) is 4.57 Å². The first kappa shape index (κ1) is 8.09. The van der Waals surface area contributed by atoms with Gasteiger partial charge in [-0.25, -0.2) is 0 Å². The Balaban J connectivity index is 3.24. The van der Waals surface area contributed by atoms with Crippen LogP contribution in [0.1, 0.15) is 0 Å². The third-order valence-corrected chi connectivity index (χ3v) is 1.94. The second-order valence-corrected chi connectivity index (χ2v) is 2.79. The lowest BCUT2D eigenvalue weighted by Gasteiger charge is -2.01. The van der Waals surface area contributed by atoms with Gasteiger partial charge in [0.05, 0.1) is 11.1 Å². The Bertz CT molecular complexity index is 348. The zero-order valence-corrected chi connectivity index (χ0v) is 7.34. The molecule has 0 amide bonds. The molecule has 56 valence electrons. The van der Waals surface area contributed by atoms with E-state index in [1.165, 1.54) is 10.6 Å². The van der Waals surface area contributed by atoms with Crippen molar-refractivity contribution in [2.45, 2.75) is 6.54 Å². The Labute approximate surface area is 73.0 Å². The van der Waals surface area contributed by atoms with Crippen LogP contribution < -0.4 is 5.56 Å². The highest BCUT2D eigenvalue weighted by Crippen LogP contribution is 2.04. The number of aromatic nitrogens is 1. The largest absolute Gasteiger partial charge is 0.291 e. The van der Waals surface area contributed by atoms with E-state index in [4.69, 9.17) is 6.42 Å². The van der Waals surface area contributed by atoms with Crippen LogP contribution in [0.25, 0.3) is 0 Å². The van der Waals surface area contributed by atoms with Crippen molar-refractivity contribution in [3.8, 4) is 12.3 Å². The highest BCUT2D eigenvalue weighted by Gasteiger charge is 1.95. The molecule has 0 aliphatic carbocycles. The van der Waals surface area contributed by atoms with Gasteiger partial charge in [0.2, 0.25) is 0 Å². The van der Waals surface area contributed by atoms with Gasteiger partial charge in [0.15, 0.2) is 0 Å². The van der Waals surface area contributed by atoms with Gasteiger partial charge < -0.3 is 0 Å². The van der Waals surface area contributed by atoms with Crippen molar-refractivity contribution in [3.63, 3.8) is 0 Å². The van der Waals surface area contributed by atoms with E-state index in [-0.39, 0.29) is 5.56 Å². The van der Waals surface area contributed by atoms with Crippen molar-refractivity contribution in [1.29, 1.82) is 0 Å². The molecule has 0 atom stereocenters. The maximum Gasteiger partial charge on any atom is 0.252 e. The van der Waals surface area contributed by atoms with Crippen LogP contribution >= 0.6 is 15.9 Å². The van der Waals surface area contributed by atoms with Crippen molar-refractivity contribution >= 4 is 15.9 Å². The number of terminal acetylenes is 1. The molecule has 0 aliphatic heterocycles. The third kappa shape index (κ3) is 1.72. The summed E-state index contributed by atoms with van der Waals surface area (Å²) in [6, 6.07) is 4.93. The number of hydrogen-bond donors (Lipinski definition) is 0. The SMILES string of the molecule is C#CCn1c(Br)cccc1=O. The van der Waals surface area contributed by atoms with Crippen molar-refractivity contribution in [1.82, 2.24) is 4.57 Å². The van der Waals surface area contributed by atoms with E-state index >= 15 is 0 Å². The average molecular weight is 212 g/mol. The van der Waals surface area contributed by atoms with Gasteiger partial charge in [-0.2, -0.15) is 0 Å². The van der Waals surface area contributed by atoms with Crippen LogP contribution in [0.2, 0.25) is 0 Å². The summed E-state index contributed by atoms with van der Waals surface area (Å²) in [5.74, 6) is 2.40. The average Bonchev–Trinajstić information content (AvgIpc) is 1.97. The summed E-state index contributed by atoms with van der Waals surface area (Å²) < 4.78 is 2.18. The maximum absolute atomic E-state index is 11.1. The number of halogens is 1. The normalized spacial score (nSPS) is 9.09. The number of nitrogens with zero attached hydrogens (tertiary/aromatic N) is 1. The van der Waals surface area contributed by atoms with Crippen LogP contribution in [0.3, 0.4) is 0 Å². The zero-order chi connectivity index (χ0) is 8.27. The van der Waals surface area contributed by atoms with Crippen LogP contribution in [-0.2, 0) is 6.54 Å². The summed E-state index contributed by atoms with van der Waals surface area (Å²) >= 11 is 3.22. The minimum Gasteiger partial charge on any atom is -0.291 e. The van der Waals surface area contributed by atoms with Crippen LogP contribution in [0.5, 0.6) is 0 Å². The fourth-order valence-electron chi connectivity index (χ4n) is 0.740. The zero-order valence-electron chi connectivity index (χ0n) is 5.75. The Hall–Kier alpha value is -1.01. The molecule has 1 aromatic rings. The fourth-order valence-corrected chi connectivity index (χ4v) is 1.19. The third-order valence-electron chi connectivity index (χ3n) is 1.25. The Morgan fingerprint density at radius 3 is 2.91 bits per heavy atom. The molecule has 0 spiro atoms. The first-order chi connectivity index (χ1) is 5.25. The summed E-state index contributed by atoms with van der Waals surface area (Å²) in [7, 11) is 0. The van der Waals surface area contributed by atoms with Crippen molar-refractivity contribution in [3.05, 3.63) is 33.2 Å². The first-order valence-electron chi connectivity index (χ1n) is 3.04. The van der Waals surface area contributed by atoms with Crippen molar-refractivity contribution < 1.29 is 0 Å². The molecule has 0 saturated carbocycles.